The molecule has 0 heterocycles. The van der Waals surface area contributed by atoms with Crippen molar-refractivity contribution >= 4 is 39.2 Å². The molecule has 18 heavy (non-hydrogen) atoms. The molecule has 1 atom stereocenters. The van der Waals surface area contributed by atoms with Crippen molar-refractivity contribution in [1.82, 2.24) is 5.32 Å². The van der Waals surface area contributed by atoms with Crippen LogP contribution >= 0.6 is 27.5 Å². The summed E-state index contributed by atoms with van der Waals surface area (Å²) < 4.78 is 0.732. The summed E-state index contributed by atoms with van der Waals surface area (Å²) in [6, 6.07) is 4.90. The fourth-order valence-corrected chi connectivity index (χ4v) is 1.83. The normalized spacial score (nSPS) is 12.0. The molecule has 1 aromatic carbocycles. The fraction of sp³-hybridized carbons (Fsp3) is 0.417. The number of aliphatic hydroxyl groups is 1. The summed E-state index contributed by atoms with van der Waals surface area (Å²) >= 11 is 9.14. The lowest BCUT2D eigenvalue weighted by Gasteiger charge is -2.12. The van der Waals surface area contributed by atoms with E-state index in [0.29, 0.717) is 23.7 Å². The average Bonchev–Trinajstić information content (AvgIpc) is 2.32. The summed E-state index contributed by atoms with van der Waals surface area (Å²) in [6.07, 6.45) is 0.673. The van der Waals surface area contributed by atoms with E-state index in [1.54, 1.807) is 18.2 Å². The van der Waals surface area contributed by atoms with E-state index in [-0.39, 0.29) is 18.6 Å². The van der Waals surface area contributed by atoms with E-state index in [2.05, 4.69) is 26.6 Å². The molecular weight excluding hydrogens is 320 g/mol. The van der Waals surface area contributed by atoms with Gasteiger partial charge in [-0.3, -0.25) is 0 Å². The summed E-state index contributed by atoms with van der Waals surface area (Å²) in [5.41, 5.74) is 0.665. The molecule has 1 rings (SSSR count). The van der Waals surface area contributed by atoms with Gasteiger partial charge < -0.3 is 15.7 Å². The highest BCUT2D eigenvalue weighted by Gasteiger charge is 2.06. The number of hydrogen-bond acceptors (Lipinski definition) is 2. The molecule has 0 saturated carbocycles. The van der Waals surface area contributed by atoms with E-state index in [1.807, 2.05) is 6.92 Å². The first-order valence-electron chi connectivity index (χ1n) is 5.63. The van der Waals surface area contributed by atoms with Crippen LogP contribution in [0.4, 0.5) is 10.5 Å². The molecule has 2 amide bonds. The van der Waals surface area contributed by atoms with Gasteiger partial charge in [-0.05, 0) is 46.5 Å². The van der Waals surface area contributed by atoms with Crippen molar-refractivity contribution in [2.24, 2.45) is 5.92 Å². The van der Waals surface area contributed by atoms with E-state index < -0.39 is 0 Å². The molecule has 0 bridgehead atoms. The Morgan fingerprint density at radius 3 is 2.89 bits per heavy atom. The summed E-state index contributed by atoms with van der Waals surface area (Å²) in [5.74, 6) is 0.248. The lowest BCUT2D eigenvalue weighted by molar-refractivity contribution is 0.243. The van der Waals surface area contributed by atoms with E-state index >= 15 is 0 Å². The first-order chi connectivity index (χ1) is 8.52. The van der Waals surface area contributed by atoms with Crippen LogP contribution in [0.1, 0.15) is 13.3 Å². The van der Waals surface area contributed by atoms with E-state index in [4.69, 9.17) is 16.7 Å². The highest BCUT2D eigenvalue weighted by atomic mass is 79.9. The summed E-state index contributed by atoms with van der Waals surface area (Å²) in [6.45, 7) is 2.63. The van der Waals surface area contributed by atoms with Crippen LogP contribution in [-0.2, 0) is 0 Å². The largest absolute Gasteiger partial charge is 0.396 e. The van der Waals surface area contributed by atoms with Crippen LogP contribution in [0.2, 0.25) is 5.02 Å². The van der Waals surface area contributed by atoms with Gasteiger partial charge in [0.05, 0.1) is 5.02 Å². The molecule has 0 aliphatic heterocycles. The van der Waals surface area contributed by atoms with Gasteiger partial charge in [-0.2, -0.15) is 0 Å². The molecule has 0 aromatic heterocycles. The highest BCUT2D eigenvalue weighted by Crippen LogP contribution is 2.25. The maximum absolute atomic E-state index is 11.6. The minimum absolute atomic E-state index is 0.134. The Bertz CT molecular complexity index is 415. The minimum Gasteiger partial charge on any atom is -0.396 e. The predicted octanol–water partition coefficient (Wildman–Crippen LogP) is 3.24. The van der Waals surface area contributed by atoms with Crippen molar-refractivity contribution in [3.63, 3.8) is 0 Å². The number of carbonyl (C=O) groups excluding carboxylic acids is 1. The molecule has 3 N–H and O–H groups in total. The van der Waals surface area contributed by atoms with Crippen molar-refractivity contribution in [2.45, 2.75) is 13.3 Å². The second kappa shape index (κ2) is 7.61. The fourth-order valence-electron chi connectivity index (χ4n) is 1.34. The maximum Gasteiger partial charge on any atom is 0.319 e. The maximum atomic E-state index is 11.6. The molecule has 1 unspecified atom stereocenters. The van der Waals surface area contributed by atoms with Gasteiger partial charge in [0.1, 0.15) is 0 Å². The van der Waals surface area contributed by atoms with Crippen LogP contribution in [0, 0.1) is 5.92 Å². The molecule has 0 aliphatic rings. The molecule has 0 spiro atoms. The van der Waals surface area contributed by atoms with Gasteiger partial charge in [-0.25, -0.2) is 4.79 Å². The summed E-state index contributed by atoms with van der Waals surface area (Å²) in [5, 5.41) is 14.8. The van der Waals surface area contributed by atoms with Gasteiger partial charge in [0, 0.05) is 23.3 Å². The Morgan fingerprint density at radius 1 is 1.56 bits per heavy atom. The molecule has 100 valence electrons. The SMILES string of the molecule is CC(CCO)CNC(=O)Nc1ccc(Cl)c(Br)c1. The summed E-state index contributed by atoms with van der Waals surface area (Å²) in [7, 11) is 0. The van der Waals surface area contributed by atoms with Crippen molar-refractivity contribution in [1.29, 1.82) is 0 Å². The van der Waals surface area contributed by atoms with Crippen molar-refractivity contribution in [3.05, 3.63) is 27.7 Å². The van der Waals surface area contributed by atoms with Crippen LogP contribution in [0.25, 0.3) is 0 Å². The molecule has 1 aromatic rings. The lowest BCUT2D eigenvalue weighted by Crippen LogP contribution is -2.32. The van der Waals surface area contributed by atoms with Gasteiger partial charge in [-0.1, -0.05) is 18.5 Å². The molecule has 0 fully saturated rings. The van der Waals surface area contributed by atoms with Gasteiger partial charge in [0.2, 0.25) is 0 Å². The number of hydrogen-bond donors (Lipinski definition) is 3. The molecule has 6 heteroatoms. The standard InChI is InChI=1S/C12H16BrClN2O2/c1-8(4-5-17)7-15-12(18)16-9-2-3-11(14)10(13)6-9/h2-3,6,8,17H,4-5,7H2,1H3,(H2,15,16,18). The van der Waals surface area contributed by atoms with E-state index in [9.17, 15) is 4.79 Å². The van der Waals surface area contributed by atoms with Gasteiger partial charge in [0.15, 0.2) is 0 Å². The number of benzene rings is 1. The average molecular weight is 336 g/mol. The van der Waals surface area contributed by atoms with Crippen LogP contribution in [0.3, 0.4) is 0 Å². The first-order valence-corrected chi connectivity index (χ1v) is 6.80. The van der Waals surface area contributed by atoms with Crippen LogP contribution in [0.5, 0.6) is 0 Å². The number of anilines is 1. The Balaban J connectivity index is 2.42. The Morgan fingerprint density at radius 2 is 2.28 bits per heavy atom. The molecule has 0 radical (unpaired) electrons. The third-order valence-corrected chi connectivity index (χ3v) is 3.62. The summed E-state index contributed by atoms with van der Waals surface area (Å²) in [4.78, 5) is 11.6. The lowest BCUT2D eigenvalue weighted by atomic mass is 10.1. The second-order valence-corrected chi connectivity index (χ2v) is 5.34. The first kappa shape index (κ1) is 15.3. The monoisotopic (exact) mass is 334 g/mol. The van der Waals surface area contributed by atoms with Gasteiger partial charge in [0.25, 0.3) is 0 Å². The number of halogens is 2. The zero-order valence-corrected chi connectivity index (χ0v) is 12.4. The second-order valence-electron chi connectivity index (χ2n) is 4.08. The number of rotatable bonds is 5. The third-order valence-electron chi connectivity index (χ3n) is 2.41. The number of nitrogens with one attached hydrogen (secondary N) is 2. The van der Waals surface area contributed by atoms with Crippen LogP contribution in [-0.4, -0.2) is 24.3 Å². The van der Waals surface area contributed by atoms with Crippen LogP contribution in [0.15, 0.2) is 22.7 Å². The Hall–Kier alpha value is -0.780. The van der Waals surface area contributed by atoms with Crippen LogP contribution < -0.4 is 10.6 Å². The van der Waals surface area contributed by atoms with E-state index in [0.717, 1.165) is 4.47 Å². The Labute approximate surface area is 120 Å². The predicted molar refractivity (Wildman–Crippen MR) is 77.0 cm³/mol. The van der Waals surface area contributed by atoms with Crippen molar-refractivity contribution in [3.8, 4) is 0 Å². The number of carbonyl (C=O) groups is 1. The topological polar surface area (TPSA) is 61.4 Å². The number of amides is 2. The highest BCUT2D eigenvalue weighted by molar-refractivity contribution is 9.10. The number of aliphatic hydroxyl groups excluding tert-OH is 1. The Kier molecular flexibility index (Phi) is 6.46. The van der Waals surface area contributed by atoms with Crippen molar-refractivity contribution < 1.29 is 9.90 Å². The van der Waals surface area contributed by atoms with Gasteiger partial charge >= 0.3 is 6.03 Å². The zero-order chi connectivity index (χ0) is 13.5. The molecule has 0 saturated heterocycles. The smallest absolute Gasteiger partial charge is 0.319 e. The zero-order valence-electron chi connectivity index (χ0n) is 10.0. The van der Waals surface area contributed by atoms with E-state index in [1.165, 1.54) is 0 Å². The quantitative estimate of drug-likeness (QED) is 0.773. The van der Waals surface area contributed by atoms with Gasteiger partial charge in [-0.15, -0.1) is 0 Å². The molecular formula is C12H16BrClN2O2. The molecule has 4 nitrogen and oxygen atoms in total. The third kappa shape index (κ3) is 5.25. The number of urea groups is 1. The molecule has 0 aliphatic carbocycles. The minimum atomic E-state index is -0.269. The van der Waals surface area contributed by atoms with Crippen molar-refractivity contribution in [2.75, 3.05) is 18.5 Å².